The molecule has 1 N–H and O–H groups in total. The Morgan fingerprint density at radius 2 is 1.75 bits per heavy atom. The molecule has 0 saturated heterocycles. The van der Waals surface area contributed by atoms with Crippen LogP contribution in [0, 0.1) is 6.92 Å². The number of sulfonamides is 1. The van der Waals surface area contributed by atoms with Gasteiger partial charge < -0.3 is 10.1 Å². The largest absolute Gasteiger partial charge is 0.454 e. The topological polar surface area (TPSA) is 92.8 Å². The van der Waals surface area contributed by atoms with E-state index < -0.39 is 35.1 Å². The third-order valence-corrected chi connectivity index (χ3v) is 5.67. The number of carbonyl (C=O) groups excluding carboxylic acids is 2. The van der Waals surface area contributed by atoms with Crippen molar-refractivity contribution in [3.8, 4) is 0 Å². The van der Waals surface area contributed by atoms with Crippen LogP contribution in [0.25, 0.3) is 0 Å². The number of benzene rings is 2. The first-order valence-electron chi connectivity index (χ1n) is 8.33. The molecule has 0 atom stereocenters. The van der Waals surface area contributed by atoms with Gasteiger partial charge in [0.25, 0.3) is 5.91 Å². The SMILES string of the molecule is CSc1ccc(NC(=O)COC(=O)CN(c2ccccc2C)S(C)(=O)=O)cc1. The fourth-order valence-corrected chi connectivity index (χ4v) is 3.72. The van der Waals surface area contributed by atoms with Crippen molar-refractivity contribution in [2.75, 3.05) is 35.3 Å². The molecular formula is C19H22N2O5S2. The van der Waals surface area contributed by atoms with Gasteiger partial charge in [0.2, 0.25) is 10.0 Å². The Labute approximate surface area is 169 Å². The van der Waals surface area contributed by atoms with E-state index in [4.69, 9.17) is 4.74 Å². The summed E-state index contributed by atoms with van der Waals surface area (Å²) < 4.78 is 30.1. The number of carbonyl (C=O) groups is 2. The van der Waals surface area contributed by atoms with E-state index in [2.05, 4.69) is 5.32 Å². The minimum atomic E-state index is -3.70. The quantitative estimate of drug-likeness (QED) is 0.519. The number of hydrogen-bond acceptors (Lipinski definition) is 6. The average Bonchev–Trinajstić information content (AvgIpc) is 2.65. The molecule has 0 fully saturated rings. The highest BCUT2D eigenvalue weighted by molar-refractivity contribution is 7.98. The summed E-state index contributed by atoms with van der Waals surface area (Å²) in [6.45, 7) is 0.725. The highest BCUT2D eigenvalue weighted by Crippen LogP contribution is 2.22. The number of hydrogen-bond donors (Lipinski definition) is 1. The average molecular weight is 423 g/mol. The van der Waals surface area contributed by atoms with Crippen LogP contribution in [0.15, 0.2) is 53.4 Å². The zero-order valence-corrected chi connectivity index (χ0v) is 17.5. The molecule has 150 valence electrons. The number of amides is 1. The lowest BCUT2D eigenvalue weighted by Gasteiger charge is -2.23. The van der Waals surface area contributed by atoms with E-state index in [1.54, 1.807) is 55.1 Å². The molecule has 0 aliphatic heterocycles. The van der Waals surface area contributed by atoms with Crippen LogP contribution < -0.4 is 9.62 Å². The first-order chi connectivity index (χ1) is 13.2. The molecule has 7 nitrogen and oxygen atoms in total. The van der Waals surface area contributed by atoms with Gasteiger partial charge in [-0.05, 0) is 49.1 Å². The summed E-state index contributed by atoms with van der Waals surface area (Å²) in [5, 5.41) is 2.62. The number of thioether (sulfide) groups is 1. The Bertz CT molecular complexity index is 943. The van der Waals surface area contributed by atoms with E-state index in [1.165, 1.54) is 0 Å². The first kappa shape index (κ1) is 21.8. The third-order valence-electron chi connectivity index (χ3n) is 3.80. The van der Waals surface area contributed by atoms with Crippen molar-refractivity contribution < 1.29 is 22.7 Å². The molecule has 0 spiro atoms. The second kappa shape index (κ2) is 9.61. The number of ether oxygens (including phenoxy) is 1. The van der Waals surface area contributed by atoms with Gasteiger partial charge in [-0.25, -0.2) is 8.42 Å². The number of nitrogens with one attached hydrogen (secondary N) is 1. The summed E-state index contributed by atoms with van der Waals surface area (Å²) in [4.78, 5) is 25.1. The number of aryl methyl sites for hydroxylation is 1. The van der Waals surface area contributed by atoms with Crippen LogP contribution in [0.1, 0.15) is 5.56 Å². The summed E-state index contributed by atoms with van der Waals surface area (Å²) in [7, 11) is -3.70. The molecule has 2 rings (SSSR count). The predicted molar refractivity (Wildman–Crippen MR) is 111 cm³/mol. The van der Waals surface area contributed by atoms with Crippen molar-refractivity contribution in [3.05, 3.63) is 54.1 Å². The summed E-state index contributed by atoms with van der Waals surface area (Å²) in [6.07, 6.45) is 2.96. The highest BCUT2D eigenvalue weighted by Gasteiger charge is 2.23. The minimum Gasteiger partial charge on any atom is -0.454 e. The van der Waals surface area contributed by atoms with Crippen LogP contribution in [0.2, 0.25) is 0 Å². The lowest BCUT2D eigenvalue weighted by Crippen LogP contribution is -2.37. The molecule has 0 aliphatic carbocycles. The first-order valence-corrected chi connectivity index (χ1v) is 11.4. The Morgan fingerprint density at radius 3 is 2.32 bits per heavy atom. The van der Waals surface area contributed by atoms with E-state index in [-0.39, 0.29) is 0 Å². The zero-order valence-electron chi connectivity index (χ0n) is 15.8. The molecule has 0 saturated carbocycles. The van der Waals surface area contributed by atoms with Gasteiger partial charge in [-0.15, -0.1) is 11.8 Å². The number of esters is 1. The Hall–Kier alpha value is -2.52. The predicted octanol–water partition coefficient (Wildman–Crippen LogP) is 2.66. The van der Waals surface area contributed by atoms with Crippen molar-refractivity contribution in [2.24, 2.45) is 0 Å². The molecule has 0 aliphatic rings. The van der Waals surface area contributed by atoms with Crippen molar-refractivity contribution in [2.45, 2.75) is 11.8 Å². The summed E-state index contributed by atoms with van der Waals surface area (Å²) >= 11 is 1.58. The molecule has 1 amide bonds. The lowest BCUT2D eigenvalue weighted by molar-refractivity contribution is -0.145. The molecule has 9 heteroatoms. The van der Waals surface area contributed by atoms with Crippen LogP contribution in [-0.4, -0.2) is 46.0 Å². The van der Waals surface area contributed by atoms with Gasteiger partial charge in [-0.3, -0.25) is 13.9 Å². The van der Waals surface area contributed by atoms with E-state index in [9.17, 15) is 18.0 Å². The zero-order chi connectivity index (χ0) is 20.7. The lowest BCUT2D eigenvalue weighted by atomic mass is 10.2. The molecule has 0 aromatic heterocycles. The van der Waals surface area contributed by atoms with Gasteiger partial charge in [0, 0.05) is 10.6 Å². The Morgan fingerprint density at radius 1 is 1.11 bits per heavy atom. The Balaban J connectivity index is 1.95. The van der Waals surface area contributed by atoms with Crippen molar-refractivity contribution >= 4 is 45.0 Å². The molecular weight excluding hydrogens is 400 g/mol. The summed E-state index contributed by atoms with van der Waals surface area (Å²) in [6, 6.07) is 14.0. The van der Waals surface area contributed by atoms with Crippen molar-refractivity contribution in [1.29, 1.82) is 0 Å². The second-order valence-corrected chi connectivity index (χ2v) is 8.78. The maximum absolute atomic E-state index is 12.1. The molecule has 28 heavy (non-hydrogen) atoms. The van der Waals surface area contributed by atoms with Gasteiger partial charge >= 0.3 is 5.97 Å². The number of nitrogens with zero attached hydrogens (tertiary/aromatic N) is 1. The van der Waals surface area contributed by atoms with E-state index in [0.29, 0.717) is 16.9 Å². The second-order valence-electron chi connectivity index (χ2n) is 5.99. The van der Waals surface area contributed by atoms with Crippen LogP contribution in [-0.2, 0) is 24.3 Å². The fraction of sp³-hybridized carbons (Fsp3) is 0.263. The normalized spacial score (nSPS) is 11.0. The fourth-order valence-electron chi connectivity index (χ4n) is 2.40. The molecule has 2 aromatic rings. The maximum Gasteiger partial charge on any atom is 0.327 e. The van der Waals surface area contributed by atoms with Gasteiger partial charge in [-0.2, -0.15) is 0 Å². The number of rotatable bonds is 8. The Kier molecular flexibility index (Phi) is 7.47. The van der Waals surface area contributed by atoms with Gasteiger partial charge in [-0.1, -0.05) is 18.2 Å². The van der Waals surface area contributed by atoms with E-state index >= 15 is 0 Å². The van der Waals surface area contributed by atoms with Crippen LogP contribution >= 0.6 is 11.8 Å². The molecule has 2 aromatic carbocycles. The smallest absolute Gasteiger partial charge is 0.327 e. The number of anilines is 2. The van der Waals surface area contributed by atoms with Gasteiger partial charge in [0.1, 0.15) is 6.54 Å². The summed E-state index contributed by atoms with van der Waals surface area (Å²) in [5.74, 6) is -1.33. The maximum atomic E-state index is 12.1. The third kappa shape index (κ3) is 6.28. The van der Waals surface area contributed by atoms with E-state index in [0.717, 1.165) is 15.5 Å². The van der Waals surface area contributed by atoms with Crippen molar-refractivity contribution in [3.63, 3.8) is 0 Å². The standard InChI is InChI=1S/C19H22N2O5S2/c1-14-6-4-5-7-17(14)21(28(3,24)25)12-19(23)26-13-18(22)20-15-8-10-16(27-2)11-9-15/h4-11H,12-13H2,1-3H3,(H,20,22). The van der Waals surface area contributed by atoms with Crippen LogP contribution in [0.5, 0.6) is 0 Å². The summed E-state index contributed by atoms with van der Waals surface area (Å²) in [5.41, 5.74) is 1.67. The molecule has 0 radical (unpaired) electrons. The van der Waals surface area contributed by atoms with Crippen molar-refractivity contribution in [1.82, 2.24) is 0 Å². The van der Waals surface area contributed by atoms with Crippen LogP contribution in [0.4, 0.5) is 11.4 Å². The monoisotopic (exact) mass is 422 g/mol. The molecule has 0 bridgehead atoms. The van der Waals surface area contributed by atoms with Crippen LogP contribution in [0.3, 0.4) is 0 Å². The highest BCUT2D eigenvalue weighted by atomic mass is 32.2. The molecule has 0 heterocycles. The van der Waals surface area contributed by atoms with Gasteiger partial charge in [0.15, 0.2) is 6.61 Å². The minimum absolute atomic E-state index is 0.389. The molecule has 0 unspecified atom stereocenters. The van der Waals surface area contributed by atoms with Gasteiger partial charge in [0.05, 0.1) is 11.9 Å². The van der Waals surface area contributed by atoms with E-state index in [1.807, 2.05) is 18.4 Å². The number of para-hydroxylation sites is 1.